The van der Waals surface area contributed by atoms with Crippen molar-refractivity contribution in [2.24, 2.45) is 5.73 Å². The number of halogens is 1. The van der Waals surface area contributed by atoms with Crippen LogP contribution in [0.25, 0.3) is 0 Å². The molecule has 0 aliphatic heterocycles. The van der Waals surface area contributed by atoms with Gasteiger partial charge in [0, 0.05) is 5.02 Å². The Morgan fingerprint density at radius 1 is 1.10 bits per heavy atom. The van der Waals surface area contributed by atoms with Crippen molar-refractivity contribution >= 4 is 11.6 Å². The van der Waals surface area contributed by atoms with E-state index in [4.69, 9.17) is 17.3 Å². The number of hydrogen-bond donors (Lipinski definition) is 1. The lowest BCUT2D eigenvalue weighted by molar-refractivity contribution is 0.416. The molecule has 20 heavy (non-hydrogen) atoms. The highest BCUT2D eigenvalue weighted by Crippen LogP contribution is 2.40. The summed E-state index contributed by atoms with van der Waals surface area (Å²) in [4.78, 5) is 0. The van der Waals surface area contributed by atoms with Crippen LogP contribution in [0, 0.1) is 6.92 Å². The molecule has 1 nitrogen and oxygen atoms in total. The fourth-order valence-corrected chi connectivity index (χ4v) is 3.27. The van der Waals surface area contributed by atoms with Gasteiger partial charge in [-0.2, -0.15) is 0 Å². The predicted molar refractivity (Wildman–Crippen MR) is 85.3 cm³/mol. The summed E-state index contributed by atoms with van der Waals surface area (Å²) in [6, 6.07) is 14.5. The quantitative estimate of drug-likeness (QED) is 0.847. The molecule has 0 radical (unpaired) electrons. The van der Waals surface area contributed by atoms with Crippen LogP contribution in [0.4, 0.5) is 0 Å². The van der Waals surface area contributed by atoms with Gasteiger partial charge in [-0.05, 0) is 60.1 Å². The van der Waals surface area contributed by atoms with Crippen LogP contribution in [0.15, 0.2) is 42.5 Å². The van der Waals surface area contributed by atoms with Gasteiger partial charge in [0.25, 0.3) is 0 Å². The largest absolute Gasteiger partial charge is 0.320 e. The molecule has 0 heterocycles. The molecule has 2 aromatic carbocycles. The van der Waals surface area contributed by atoms with E-state index >= 15 is 0 Å². The van der Waals surface area contributed by atoms with Crippen molar-refractivity contribution in [2.45, 2.75) is 38.1 Å². The second kappa shape index (κ2) is 5.59. The maximum absolute atomic E-state index is 6.54. The van der Waals surface area contributed by atoms with Crippen LogP contribution in [-0.4, -0.2) is 0 Å². The zero-order valence-corrected chi connectivity index (χ0v) is 12.5. The summed E-state index contributed by atoms with van der Waals surface area (Å²) >= 11 is 6.04. The van der Waals surface area contributed by atoms with Gasteiger partial charge in [-0.1, -0.05) is 48.4 Å². The molecule has 0 aromatic heterocycles. The fraction of sp³-hybridized carbons (Fsp3) is 0.333. The lowest BCUT2D eigenvalue weighted by Gasteiger charge is -2.30. The summed E-state index contributed by atoms with van der Waals surface area (Å²) in [7, 11) is 0. The van der Waals surface area contributed by atoms with Crippen LogP contribution in [0.1, 0.15) is 53.5 Å². The van der Waals surface area contributed by atoms with Gasteiger partial charge in [-0.3, -0.25) is 0 Å². The van der Waals surface area contributed by atoms with E-state index in [1.807, 2.05) is 12.1 Å². The topological polar surface area (TPSA) is 26.0 Å². The molecule has 2 heteroatoms. The summed E-state index contributed by atoms with van der Waals surface area (Å²) in [5.74, 6) is 0.699. The Morgan fingerprint density at radius 3 is 2.50 bits per heavy atom. The summed E-state index contributed by atoms with van der Waals surface area (Å²) in [6.07, 6.45) is 3.93. The van der Waals surface area contributed by atoms with E-state index in [0.29, 0.717) is 5.92 Å². The zero-order valence-electron chi connectivity index (χ0n) is 11.8. The number of nitrogens with two attached hydrogens (primary N) is 1. The molecular weight excluding hydrogens is 266 g/mol. The molecule has 0 bridgehead atoms. The van der Waals surface area contributed by atoms with E-state index in [1.54, 1.807) is 0 Å². The van der Waals surface area contributed by atoms with Crippen molar-refractivity contribution in [1.29, 1.82) is 0 Å². The first-order valence-electron chi connectivity index (χ1n) is 7.27. The smallest absolute Gasteiger partial charge is 0.0557 e. The molecule has 3 rings (SSSR count). The van der Waals surface area contributed by atoms with E-state index in [2.05, 4.69) is 37.3 Å². The van der Waals surface area contributed by atoms with Gasteiger partial charge in [0.15, 0.2) is 0 Å². The SMILES string of the molecule is Cc1cc(Cl)ccc1C(N)c1ccccc1C1CCC1. The highest BCUT2D eigenvalue weighted by atomic mass is 35.5. The number of aryl methyl sites for hydroxylation is 1. The van der Waals surface area contributed by atoms with E-state index in [1.165, 1.54) is 36.0 Å². The minimum absolute atomic E-state index is 0.0657. The van der Waals surface area contributed by atoms with Gasteiger partial charge in [0.05, 0.1) is 6.04 Å². The van der Waals surface area contributed by atoms with Gasteiger partial charge in [0.1, 0.15) is 0 Å². The van der Waals surface area contributed by atoms with Crippen molar-refractivity contribution in [1.82, 2.24) is 0 Å². The fourth-order valence-electron chi connectivity index (χ4n) is 3.04. The van der Waals surface area contributed by atoms with E-state index < -0.39 is 0 Å². The van der Waals surface area contributed by atoms with Crippen LogP contribution in [0.5, 0.6) is 0 Å². The third-order valence-corrected chi connectivity index (χ3v) is 4.68. The summed E-state index contributed by atoms with van der Waals surface area (Å²) in [5.41, 5.74) is 11.6. The molecule has 2 N–H and O–H groups in total. The number of benzene rings is 2. The highest BCUT2D eigenvalue weighted by molar-refractivity contribution is 6.30. The normalized spacial score (nSPS) is 16.8. The third kappa shape index (κ3) is 2.48. The van der Waals surface area contributed by atoms with Gasteiger partial charge in [-0.25, -0.2) is 0 Å². The van der Waals surface area contributed by atoms with Crippen molar-refractivity contribution in [3.05, 3.63) is 69.7 Å². The molecule has 0 saturated heterocycles. The molecule has 1 aliphatic rings. The molecule has 1 saturated carbocycles. The van der Waals surface area contributed by atoms with Crippen LogP contribution in [-0.2, 0) is 0 Å². The average molecular weight is 286 g/mol. The van der Waals surface area contributed by atoms with Crippen LogP contribution >= 0.6 is 11.6 Å². The van der Waals surface area contributed by atoms with Gasteiger partial charge in [-0.15, -0.1) is 0 Å². The van der Waals surface area contributed by atoms with Crippen LogP contribution < -0.4 is 5.73 Å². The second-order valence-electron chi connectivity index (χ2n) is 5.74. The third-order valence-electron chi connectivity index (χ3n) is 4.44. The Bertz CT molecular complexity index is 617. The van der Waals surface area contributed by atoms with E-state index in [-0.39, 0.29) is 6.04 Å². The Kier molecular flexibility index (Phi) is 3.82. The monoisotopic (exact) mass is 285 g/mol. The Hall–Kier alpha value is -1.31. The molecule has 0 amide bonds. The standard InChI is InChI=1S/C18H20ClN/c1-12-11-14(19)9-10-15(12)18(20)17-8-3-2-7-16(17)13-5-4-6-13/h2-3,7-11,13,18H,4-6,20H2,1H3. The van der Waals surface area contributed by atoms with Crippen LogP contribution in [0.2, 0.25) is 5.02 Å². The minimum Gasteiger partial charge on any atom is -0.320 e. The lowest BCUT2D eigenvalue weighted by Crippen LogP contribution is -2.19. The lowest BCUT2D eigenvalue weighted by atomic mass is 9.76. The Balaban J connectivity index is 1.99. The first-order valence-corrected chi connectivity index (χ1v) is 7.65. The maximum Gasteiger partial charge on any atom is 0.0557 e. The number of hydrogen-bond acceptors (Lipinski definition) is 1. The summed E-state index contributed by atoms with van der Waals surface area (Å²) in [6.45, 7) is 2.08. The second-order valence-corrected chi connectivity index (χ2v) is 6.17. The van der Waals surface area contributed by atoms with Gasteiger partial charge < -0.3 is 5.73 Å². The molecule has 1 unspecified atom stereocenters. The number of rotatable bonds is 3. The van der Waals surface area contributed by atoms with Crippen molar-refractivity contribution in [3.8, 4) is 0 Å². The molecule has 104 valence electrons. The average Bonchev–Trinajstić information content (AvgIpc) is 2.37. The van der Waals surface area contributed by atoms with Gasteiger partial charge in [0.2, 0.25) is 0 Å². The highest BCUT2D eigenvalue weighted by Gasteiger charge is 2.24. The maximum atomic E-state index is 6.54. The Morgan fingerprint density at radius 2 is 1.85 bits per heavy atom. The van der Waals surface area contributed by atoms with Gasteiger partial charge >= 0.3 is 0 Å². The molecule has 1 fully saturated rings. The first kappa shape index (κ1) is 13.7. The molecule has 1 aliphatic carbocycles. The van der Waals surface area contributed by atoms with Crippen LogP contribution in [0.3, 0.4) is 0 Å². The molecule has 2 aromatic rings. The predicted octanol–water partition coefficient (Wildman–Crippen LogP) is 4.96. The molecule has 0 spiro atoms. The molecule has 1 atom stereocenters. The van der Waals surface area contributed by atoms with Crippen molar-refractivity contribution in [2.75, 3.05) is 0 Å². The zero-order chi connectivity index (χ0) is 14.1. The van der Waals surface area contributed by atoms with Crippen molar-refractivity contribution in [3.63, 3.8) is 0 Å². The first-order chi connectivity index (χ1) is 9.66. The van der Waals surface area contributed by atoms with E-state index in [0.717, 1.165) is 10.6 Å². The Labute approximate surface area is 125 Å². The summed E-state index contributed by atoms with van der Waals surface area (Å²) in [5, 5.41) is 0.769. The van der Waals surface area contributed by atoms with Crippen molar-refractivity contribution < 1.29 is 0 Å². The minimum atomic E-state index is -0.0657. The molecular formula is C18H20ClN. The van der Waals surface area contributed by atoms with E-state index in [9.17, 15) is 0 Å². The summed E-state index contributed by atoms with van der Waals surface area (Å²) < 4.78 is 0.